The minimum absolute atomic E-state index is 0.129. The third-order valence-corrected chi connectivity index (χ3v) is 4.99. The van der Waals surface area contributed by atoms with Gasteiger partial charge in [0.1, 0.15) is 5.69 Å². The third-order valence-electron chi connectivity index (χ3n) is 4.99. The highest BCUT2D eigenvalue weighted by molar-refractivity contribution is 5.93. The van der Waals surface area contributed by atoms with Gasteiger partial charge in [-0.1, -0.05) is 12.8 Å². The van der Waals surface area contributed by atoms with Crippen molar-refractivity contribution in [3.8, 4) is 11.3 Å². The summed E-state index contributed by atoms with van der Waals surface area (Å²) < 4.78 is 27.3. The van der Waals surface area contributed by atoms with Crippen molar-refractivity contribution in [3.05, 3.63) is 53.6 Å². The predicted molar refractivity (Wildman–Crippen MR) is 103 cm³/mol. The standard InChI is InChI=1S/C21H19F2N3O2/c22-15-7-5-13(11-16(15)23)19-20(26-9-3-1-2-4-10-26)25-18-12-14(21(27)28)6-8-17(18)24-19/h5-8,11-12H,1-4,9-10H2,(H,27,28). The zero-order valence-electron chi connectivity index (χ0n) is 15.2. The Morgan fingerprint density at radius 2 is 1.64 bits per heavy atom. The highest BCUT2D eigenvalue weighted by Gasteiger charge is 2.20. The van der Waals surface area contributed by atoms with Gasteiger partial charge in [-0.15, -0.1) is 0 Å². The van der Waals surface area contributed by atoms with Gasteiger partial charge in [0, 0.05) is 18.7 Å². The van der Waals surface area contributed by atoms with E-state index in [0.29, 0.717) is 28.1 Å². The van der Waals surface area contributed by atoms with E-state index in [9.17, 15) is 18.7 Å². The number of carboxylic acids is 1. The molecule has 2 aromatic carbocycles. The van der Waals surface area contributed by atoms with Gasteiger partial charge in [-0.2, -0.15) is 0 Å². The zero-order valence-corrected chi connectivity index (χ0v) is 15.2. The van der Waals surface area contributed by atoms with Crippen LogP contribution in [0.4, 0.5) is 14.6 Å². The second kappa shape index (κ2) is 7.50. The molecule has 28 heavy (non-hydrogen) atoms. The summed E-state index contributed by atoms with van der Waals surface area (Å²) in [4.78, 5) is 22.7. The Balaban J connectivity index is 1.91. The van der Waals surface area contributed by atoms with Gasteiger partial charge in [0.2, 0.25) is 0 Å². The lowest BCUT2D eigenvalue weighted by atomic mass is 10.1. The molecule has 2 heterocycles. The van der Waals surface area contributed by atoms with Crippen LogP contribution < -0.4 is 4.90 Å². The lowest BCUT2D eigenvalue weighted by Gasteiger charge is -2.24. The first-order valence-electron chi connectivity index (χ1n) is 9.28. The van der Waals surface area contributed by atoms with E-state index in [1.807, 2.05) is 0 Å². The molecule has 1 fully saturated rings. The molecule has 0 saturated carbocycles. The number of aromatic carboxylic acids is 1. The third kappa shape index (κ3) is 3.52. The first-order chi connectivity index (χ1) is 13.5. The van der Waals surface area contributed by atoms with Crippen LogP contribution in [0.5, 0.6) is 0 Å². The van der Waals surface area contributed by atoms with Gasteiger partial charge in [-0.05, 0) is 49.2 Å². The number of hydrogen-bond donors (Lipinski definition) is 1. The average molecular weight is 383 g/mol. The fourth-order valence-electron chi connectivity index (χ4n) is 3.52. The van der Waals surface area contributed by atoms with Crippen molar-refractivity contribution in [2.24, 2.45) is 0 Å². The predicted octanol–water partition coefficient (Wildman–Crippen LogP) is 4.65. The molecule has 0 spiro atoms. The number of carbonyl (C=O) groups is 1. The molecule has 5 nitrogen and oxygen atoms in total. The number of hydrogen-bond acceptors (Lipinski definition) is 4. The van der Waals surface area contributed by atoms with Gasteiger partial charge >= 0.3 is 5.97 Å². The van der Waals surface area contributed by atoms with E-state index in [4.69, 9.17) is 4.98 Å². The van der Waals surface area contributed by atoms with Crippen LogP contribution in [0.3, 0.4) is 0 Å². The number of nitrogens with zero attached hydrogens (tertiary/aromatic N) is 3. The van der Waals surface area contributed by atoms with Crippen LogP contribution in [0, 0.1) is 11.6 Å². The van der Waals surface area contributed by atoms with Crippen LogP contribution in [0.2, 0.25) is 0 Å². The molecule has 144 valence electrons. The number of carboxylic acid groups (broad SMARTS) is 1. The average Bonchev–Trinajstić information content (AvgIpc) is 2.98. The molecule has 0 radical (unpaired) electrons. The van der Waals surface area contributed by atoms with E-state index in [-0.39, 0.29) is 5.56 Å². The van der Waals surface area contributed by atoms with Crippen LogP contribution in [0.25, 0.3) is 22.3 Å². The second-order valence-electron chi connectivity index (χ2n) is 6.93. The van der Waals surface area contributed by atoms with E-state index in [1.165, 1.54) is 18.2 Å². The van der Waals surface area contributed by atoms with Crippen molar-refractivity contribution >= 4 is 22.8 Å². The van der Waals surface area contributed by atoms with Crippen molar-refractivity contribution in [1.82, 2.24) is 9.97 Å². The van der Waals surface area contributed by atoms with Crippen molar-refractivity contribution in [2.75, 3.05) is 18.0 Å². The van der Waals surface area contributed by atoms with E-state index in [0.717, 1.165) is 50.9 Å². The molecule has 1 aliphatic heterocycles. The molecule has 0 bridgehead atoms. The number of benzene rings is 2. The molecule has 0 aliphatic carbocycles. The van der Waals surface area contributed by atoms with Gasteiger partial charge in [0.25, 0.3) is 0 Å². The molecule has 1 aromatic heterocycles. The molecular weight excluding hydrogens is 364 g/mol. The Morgan fingerprint density at radius 3 is 2.32 bits per heavy atom. The van der Waals surface area contributed by atoms with Crippen LogP contribution >= 0.6 is 0 Å². The van der Waals surface area contributed by atoms with Gasteiger partial charge in [-0.25, -0.2) is 23.5 Å². The molecule has 0 amide bonds. The fraction of sp³-hybridized carbons (Fsp3) is 0.286. The highest BCUT2D eigenvalue weighted by atomic mass is 19.2. The maximum Gasteiger partial charge on any atom is 0.335 e. The van der Waals surface area contributed by atoms with Crippen LogP contribution in [-0.4, -0.2) is 34.1 Å². The first-order valence-corrected chi connectivity index (χ1v) is 9.28. The molecule has 1 N–H and O–H groups in total. The topological polar surface area (TPSA) is 66.3 Å². The van der Waals surface area contributed by atoms with Crippen LogP contribution in [0.1, 0.15) is 36.0 Å². The molecule has 1 saturated heterocycles. The summed E-state index contributed by atoms with van der Waals surface area (Å²) >= 11 is 0. The number of halogens is 2. The second-order valence-corrected chi connectivity index (χ2v) is 6.93. The van der Waals surface area contributed by atoms with E-state index in [1.54, 1.807) is 6.07 Å². The first kappa shape index (κ1) is 18.3. The molecule has 0 unspecified atom stereocenters. The van der Waals surface area contributed by atoms with Crippen LogP contribution in [-0.2, 0) is 0 Å². The summed E-state index contributed by atoms with van der Waals surface area (Å²) in [5.74, 6) is -2.32. The normalized spacial score (nSPS) is 14.9. The maximum absolute atomic E-state index is 13.9. The molecular formula is C21H19F2N3O2. The summed E-state index contributed by atoms with van der Waals surface area (Å²) in [5, 5.41) is 9.25. The van der Waals surface area contributed by atoms with Gasteiger partial charge < -0.3 is 10.0 Å². The highest BCUT2D eigenvalue weighted by Crippen LogP contribution is 2.32. The summed E-state index contributed by atoms with van der Waals surface area (Å²) in [6, 6.07) is 8.22. The summed E-state index contributed by atoms with van der Waals surface area (Å²) in [6.45, 7) is 1.57. The molecule has 3 aromatic rings. The Hall–Kier alpha value is -3.09. The molecule has 4 rings (SSSR count). The molecule has 0 atom stereocenters. The monoisotopic (exact) mass is 383 g/mol. The van der Waals surface area contributed by atoms with Gasteiger partial charge in [0.05, 0.1) is 16.6 Å². The number of aromatic nitrogens is 2. The Bertz CT molecular complexity index is 1050. The quantitative estimate of drug-likeness (QED) is 0.713. The summed E-state index contributed by atoms with van der Waals surface area (Å²) in [7, 11) is 0. The molecule has 1 aliphatic rings. The van der Waals surface area contributed by atoms with Crippen molar-refractivity contribution < 1.29 is 18.7 Å². The SMILES string of the molecule is O=C(O)c1ccc2nc(-c3ccc(F)c(F)c3)c(N3CCCCCC3)nc2c1. The van der Waals surface area contributed by atoms with Crippen molar-refractivity contribution in [2.45, 2.75) is 25.7 Å². The lowest BCUT2D eigenvalue weighted by molar-refractivity contribution is 0.0697. The minimum Gasteiger partial charge on any atom is -0.478 e. The van der Waals surface area contributed by atoms with E-state index in [2.05, 4.69) is 9.88 Å². The van der Waals surface area contributed by atoms with Crippen LogP contribution in [0.15, 0.2) is 36.4 Å². The fourth-order valence-corrected chi connectivity index (χ4v) is 3.52. The maximum atomic E-state index is 13.9. The Morgan fingerprint density at radius 1 is 0.893 bits per heavy atom. The molecule has 7 heteroatoms. The zero-order chi connectivity index (χ0) is 19.7. The number of rotatable bonds is 3. The summed E-state index contributed by atoms with van der Waals surface area (Å²) in [6.07, 6.45) is 4.26. The minimum atomic E-state index is -1.04. The van der Waals surface area contributed by atoms with Gasteiger partial charge in [0.15, 0.2) is 17.5 Å². The Kier molecular flexibility index (Phi) is 4.90. The number of fused-ring (bicyclic) bond motifs is 1. The van der Waals surface area contributed by atoms with E-state index < -0.39 is 17.6 Å². The number of anilines is 1. The lowest BCUT2D eigenvalue weighted by Crippen LogP contribution is -2.26. The summed E-state index contributed by atoms with van der Waals surface area (Å²) in [5.41, 5.74) is 2.00. The van der Waals surface area contributed by atoms with Crippen molar-refractivity contribution in [3.63, 3.8) is 0 Å². The van der Waals surface area contributed by atoms with Gasteiger partial charge in [-0.3, -0.25) is 0 Å². The van der Waals surface area contributed by atoms with E-state index >= 15 is 0 Å². The Labute approximate surface area is 160 Å². The smallest absolute Gasteiger partial charge is 0.335 e. The van der Waals surface area contributed by atoms with Crippen molar-refractivity contribution in [1.29, 1.82) is 0 Å². The largest absolute Gasteiger partial charge is 0.478 e.